The predicted molar refractivity (Wildman–Crippen MR) is 69.8 cm³/mol. The van der Waals surface area contributed by atoms with Crippen molar-refractivity contribution in [3.63, 3.8) is 0 Å². The number of aliphatic hydroxyl groups is 1. The van der Waals surface area contributed by atoms with Gasteiger partial charge in [0.2, 0.25) is 0 Å². The van der Waals surface area contributed by atoms with Crippen LogP contribution in [-0.2, 0) is 0 Å². The van der Waals surface area contributed by atoms with Crippen molar-refractivity contribution in [1.82, 2.24) is 4.98 Å². The van der Waals surface area contributed by atoms with Crippen LogP contribution in [0.4, 0.5) is 5.69 Å². The zero-order valence-electron chi connectivity index (χ0n) is 9.84. The van der Waals surface area contributed by atoms with E-state index in [1.807, 2.05) is 0 Å². The Hall–Kier alpha value is -2.65. The minimum absolute atomic E-state index is 0.0351. The molecule has 0 radical (unpaired) electrons. The number of fused-ring (bicyclic) bond motifs is 1. The molecule has 0 bridgehead atoms. The molecule has 2 N–H and O–H groups in total. The van der Waals surface area contributed by atoms with Gasteiger partial charge < -0.3 is 10.1 Å². The number of H-pyrrole nitrogens is 1. The zero-order chi connectivity index (χ0) is 13.8. The first kappa shape index (κ1) is 12.8. The first-order valence-electron chi connectivity index (χ1n) is 5.53. The molecule has 0 spiro atoms. The van der Waals surface area contributed by atoms with Crippen LogP contribution in [0.1, 0.15) is 12.0 Å². The number of benzene rings is 1. The normalized spacial score (nSPS) is 9.95. The third-order valence-corrected chi connectivity index (χ3v) is 2.53. The summed E-state index contributed by atoms with van der Waals surface area (Å²) in [5.74, 6) is 5.51. The fraction of sp³-hybridized carbons (Fsp3) is 0.154. The van der Waals surface area contributed by atoms with Crippen molar-refractivity contribution in [3.05, 3.63) is 50.3 Å². The van der Waals surface area contributed by atoms with Crippen molar-refractivity contribution in [2.75, 3.05) is 6.61 Å². The standard InChI is InChI=1S/C13H10N2O4/c16-6-2-1-3-9-4-5-11-10(7-9)13(17)12(8-14-11)15(18)19/h4-5,7-8,16H,2,6H2,(H,14,17). The number of hydrogen-bond acceptors (Lipinski definition) is 4. The average Bonchev–Trinajstić information content (AvgIpc) is 2.39. The molecule has 0 aliphatic rings. The van der Waals surface area contributed by atoms with Gasteiger partial charge in [-0.15, -0.1) is 0 Å². The molecule has 19 heavy (non-hydrogen) atoms. The number of aliphatic hydroxyl groups excluding tert-OH is 1. The highest BCUT2D eigenvalue weighted by molar-refractivity contribution is 5.81. The highest BCUT2D eigenvalue weighted by atomic mass is 16.6. The molecule has 0 atom stereocenters. The Kier molecular flexibility index (Phi) is 3.59. The molecule has 96 valence electrons. The van der Waals surface area contributed by atoms with Crippen LogP contribution in [0.3, 0.4) is 0 Å². The van der Waals surface area contributed by atoms with Crippen LogP contribution < -0.4 is 5.43 Å². The number of hydrogen-bond donors (Lipinski definition) is 2. The van der Waals surface area contributed by atoms with E-state index in [-0.39, 0.29) is 12.0 Å². The molecule has 2 rings (SSSR count). The van der Waals surface area contributed by atoms with Crippen molar-refractivity contribution in [2.45, 2.75) is 6.42 Å². The van der Waals surface area contributed by atoms with Crippen LogP contribution >= 0.6 is 0 Å². The molecule has 0 aliphatic heterocycles. The van der Waals surface area contributed by atoms with Gasteiger partial charge in [-0.3, -0.25) is 14.9 Å². The number of nitro groups is 1. The van der Waals surface area contributed by atoms with Crippen LogP contribution in [0.15, 0.2) is 29.2 Å². The van der Waals surface area contributed by atoms with Gasteiger partial charge in [0.25, 0.3) is 5.43 Å². The summed E-state index contributed by atoms with van der Waals surface area (Å²) in [5.41, 5.74) is -0.0345. The third kappa shape index (κ3) is 2.61. The van der Waals surface area contributed by atoms with E-state index in [1.165, 1.54) is 6.07 Å². The maximum atomic E-state index is 11.9. The molecule has 0 aliphatic carbocycles. The van der Waals surface area contributed by atoms with Crippen LogP contribution in [0, 0.1) is 22.0 Å². The molecule has 6 heteroatoms. The van der Waals surface area contributed by atoms with E-state index in [2.05, 4.69) is 16.8 Å². The zero-order valence-corrected chi connectivity index (χ0v) is 9.84. The second kappa shape index (κ2) is 5.33. The average molecular weight is 258 g/mol. The topological polar surface area (TPSA) is 96.2 Å². The Morgan fingerprint density at radius 3 is 2.89 bits per heavy atom. The SMILES string of the molecule is O=c1c([N+](=O)[O-])c[nH]c2ccc(C#CCCO)cc12. The second-order valence-electron chi connectivity index (χ2n) is 3.80. The first-order valence-corrected chi connectivity index (χ1v) is 5.53. The summed E-state index contributed by atoms with van der Waals surface area (Å²) < 4.78 is 0. The largest absolute Gasteiger partial charge is 0.395 e. The minimum atomic E-state index is -0.720. The maximum Gasteiger partial charge on any atom is 0.332 e. The van der Waals surface area contributed by atoms with Gasteiger partial charge in [-0.2, -0.15) is 0 Å². The van der Waals surface area contributed by atoms with Gasteiger partial charge in [-0.25, -0.2) is 0 Å². The number of nitrogens with zero attached hydrogens (tertiary/aromatic N) is 1. The first-order chi connectivity index (χ1) is 9.13. The minimum Gasteiger partial charge on any atom is -0.395 e. The van der Waals surface area contributed by atoms with Gasteiger partial charge in [-0.1, -0.05) is 11.8 Å². The van der Waals surface area contributed by atoms with Crippen molar-refractivity contribution in [2.24, 2.45) is 0 Å². The van der Waals surface area contributed by atoms with Crippen LogP contribution in [0.2, 0.25) is 0 Å². The molecule has 2 aromatic rings. The molecule has 1 aromatic heterocycles. The second-order valence-corrected chi connectivity index (χ2v) is 3.80. The summed E-state index contributed by atoms with van der Waals surface area (Å²) in [6.07, 6.45) is 1.42. The summed E-state index contributed by atoms with van der Waals surface area (Å²) in [6, 6.07) is 4.85. The molecule has 0 unspecified atom stereocenters. The lowest BCUT2D eigenvalue weighted by molar-refractivity contribution is -0.386. The van der Waals surface area contributed by atoms with Crippen molar-refractivity contribution in [1.29, 1.82) is 0 Å². The molecule has 1 aromatic carbocycles. The van der Waals surface area contributed by atoms with Gasteiger partial charge in [0.05, 0.1) is 23.1 Å². The van der Waals surface area contributed by atoms with E-state index >= 15 is 0 Å². The summed E-state index contributed by atoms with van der Waals surface area (Å²) in [5, 5.41) is 19.5. The number of aromatic amines is 1. The molecule has 1 heterocycles. The Labute approximate surface area is 107 Å². The lowest BCUT2D eigenvalue weighted by Gasteiger charge is -1.98. The van der Waals surface area contributed by atoms with Crippen molar-refractivity contribution >= 4 is 16.6 Å². The molecule has 0 saturated carbocycles. The molecule has 0 saturated heterocycles. The molecule has 0 amide bonds. The van der Waals surface area contributed by atoms with Crippen LogP contribution in [0.25, 0.3) is 10.9 Å². The predicted octanol–water partition coefficient (Wildman–Crippen LogP) is 1.17. The summed E-state index contributed by atoms with van der Waals surface area (Å²) in [7, 11) is 0. The van der Waals surface area contributed by atoms with E-state index < -0.39 is 16.0 Å². The van der Waals surface area contributed by atoms with E-state index in [1.54, 1.807) is 12.1 Å². The number of nitrogens with one attached hydrogen (secondary N) is 1. The Morgan fingerprint density at radius 2 is 2.21 bits per heavy atom. The maximum absolute atomic E-state index is 11.9. The molecule has 6 nitrogen and oxygen atoms in total. The van der Waals surface area contributed by atoms with E-state index in [9.17, 15) is 14.9 Å². The third-order valence-electron chi connectivity index (χ3n) is 2.53. The van der Waals surface area contributed by atoms with Crippen molar-refractivity contribution in [3.8, 4) is 11.8 Å². The van der Waals surface area contributed by atoms with Gasteiger partial charge in [0.1, 0.15) is 0 Å². The van der Waals surface area contributed by atoms with Gasteiger partial charge in [0, 0.05) is 17.5 Å². The van der Waals surface area contributed by atoms with Gasteiger partial charge in [0.15, 0.2) is 0 Å². The fourth-order valence-corrected chi connectivity index (χ4v) is 1.64. The summed E-state index contributed by atoms with van der Waals surface area (Å²) in [4.78, 5) is 24.6. The van der Waals surface area contributed by atoms with Crippen molar-refractivity contribution < 1.29 is 10.0 Å². The number of aromatic nitrogens is 1. The summed E-state index contributed by atoms with van der Waals surface area (Å²) in [6.45, 7) is -0.0351. The van der Waals surface area contributed by atoms with Gasteiger partial charge in [-0.05, 0) is 18.2 Å². The van der Waals surface area contributed by atoms with E-state index in [0.29, 0.717) is 17.5 Å². The van der Waals surface area contributed by atoms with E-state index in [0.717, 1.165) is 6.20 Å². The van der Waals surface area contributed by atoms with Crippen LogP contribution in [0.5, 0.6) is 0 Å². The highest BCUT2D eigenvalue weighted by Gasteiger charge is 2.14. The smallest absolute Gasteiger partial charge is 0.332 e. The number of pyridine rings is 1. The molecular weight excluding hydrogens is 248 g/mol. The Balaban J connectivity index is 2.58. The molecule has 0 fully saturated rings. The van der Waals surface area contributed by atoms with E-state index in [4.69, 9.17) is 5.11 Å². The monoisotopic (exact) mass is 258 g/mol. The Morgan fingerprint density at radius 1 is 1.42 bits per heavy atom. The number of rotatable bonds is 2. The highest BCUT2D eigenvalue weighted by Crippen LogP contribution is 2.13. The summed E-state index contributed by atoms with van der Waals surface area (Å²) >= 11 is 0. The van der Waals surface area contributed by atoms with Gasteiger partial charge >= 0.3 is 5.69 Å². The van der Waals surface area contributed by atoms with Crippen LogP contribution in [-0.4, -0.2) is 21.6 Å². The molecular formula is C13H10N2O4. The quantitative estimate of drug-likeness (QED) is 0.480. The fourth-order valence-electron chi connectivity index (χ4n) is 1.64. The lowest BCUT2D eigenvalue weighted by atomic mass is 10.1. The lowest BCUT2D eigenvalue weighted by Crippen LogP contribution is -2.09. The Bertz CT molecular complexity index is 753.